The van der Waals surface area contributed by atoms with Crippen molar-refractivity contribution < 1.29 is 8.42 Å². The SMILES string of the molecule is N#Cc1ccccc1S(=O)(=O)NCCCCl. The first-order valence-corrected chi connectivity index (χ1v) is 6.68. The van der Waals surface area contributed by atoms with Crippen LogP contribution in [0.3, 0.4) is 0 Å². The molecule has 1 N–H and O–H groups in total. The minimum atomic E-state index is -3.61. The van der Waals surface area contributed by atoms with Crippen molar-refractivity contribution in [3.63, 3.8) is 0 Å². The zero-order chi connectivity index (χ0) is 12.0. The Kier molecular flexibility index (Phi) is 4.74. The van der Waals surface area contributed by atoms with Crippen LogP contribution in [0.4, 0.5) is 0 Å². The fourth-order valence-corrected chi connectivity index (χ4v) is 2.51. The zero-order valence-corrected chi connectivity index (χ0v) is 10.1. The van der Waals surface area contributed by atoms with Crippen molar-refractivity contribution >= 4 is 21.6 Å². The van der Waals surface area contributed by atoms with Crippen LogP contribution in [0.2, 0.25) is 0 Å². The molecule has 0 fully saturated rings. The summed E-state index contributed by atoms with van der Waals surface area (Å²) in [6, 6.07) is 7.92. The van der Waals surface area contributed by atoms with Crippen LogP contribution < -0.4 is 4.72 Å². The Morgan fingerprint density at radius 3 is 2.69 bits per heavy atom. The van der Waals surface area contributed by atoms with E-state index in [1.807, 2.05) is 6.07 Å². The lowest BCUT2D eigenvalue weighted by atomic mass is 10.2. The number of benzene rings is 1. The van der Waals surface area contributed by atoms with Crippen molar-refractivity contribution in [2.24, 2.45) is 0 Å². The van der Waals surface area contributed by atoms with Crippen molar-refractivity contribution in [2.45, 2.75) is 11.3 Å². The van der Waals surface area contributed by atoms with Crippen LogP contribution in [-0.2, 0) is 10.0 Å². The number of nitrogens with zero attached hydrogens (tertiary/aromatic N) is 1. The standard InChI is InChI=1S/C10H11ClN2O2S/c11-6-3-7-13-16(14,15)10-5-2-1-4-9(10)8-12/h1-2,4-5,13H,3,6-7H2. The highest BCUT2D eigenvalue weighted by atomic mass is 35.5. The number of hydrogen-bond donors (Lipinski definition) is 1. The molecule has 6 heteroatoms. The minimum Gasteiger partial charge on any atom is -0.211 e. The minimum absolute atomic E-state index is 0.00655. The third-order valence-corrected chi connectivity index (χ3v) is 3.69. The Hall–Kier alpha value is -1.09. The fourth-order valence-electron chi connectivity index (χ4n) is 1.14. The fraction of sp³-hybridized carbons (Fsp3) is 0.300. The molecule has 86 valence electrons. The quantitative estimate of drug-likeness (QED) is 0.642. The summed E-state index contributed by atoms with van der Waals surface area (Å²) in [5.41, 5.74) is 0.140. The Bertz CT molecular complexity index is 494. The Balaban J connectivity index is 2.95. The van der Waals surface area contributed by atoms with E-state index in [2.05, 4.69) is 4.72 Å². The van der Waals surface area contributed by atoms with Gasteiger partial charge < -0.3 is 0 Å². The number of halogens is 1. The number of sulfonamides is 1. The van der Waals surface area contributed by atoms with E-state index in [1.54, 1.807) is 12.1 Å². The first kappa shape index (κ1) is 13.0. The van der Waals surface area contributed by atoms with Crippen LogP contribution in [-0.4, -0.2) is 20.8 Å². The molecule has 0 spiro atoms. The smallest absolute Gasteiger partial charge is 0.211 e. The molecule has 0 saturated heterocycles. The van der Waals surface area contributed by atoms with E-state index in [1.165, 1.54) is 12.1 Å². The van der Waals surface area contributed by atoms with Gasteiger partial charge >= 0.3 is 0 Å². The van der Waals surface area contributed by atoms with E-state index in [0.29, 0.717) is 12.3 Å². The Morgan fingerprint density at radius 2 is 2.06 bits per heavy atom. The summed E-state index contributed by atoms with van der Waals surface area (Å²) in [5.74, 6) is 0.391. The molecule has 0 heterocycles. The lowest BCUT2D eigenvalue weighted by Gasteiger charge is -2.06. The summed E-state index contributed by atoms with van der Waals surface area (Å²) in [6.45, 7) is 0.269. The highest BCUT2D eigenvalue weighted by molar-refractivity contribution is 7.89. The van der Waals surface area contributed by atoms with E-state index in [0.717, 1.165) is 0 Å². The van der Waals surface area contributed by atoms with Gasteiger partial charge in [-0.1, -0.05) is 12.1 Å². The molecular weight excluding hydrogens is 248 g/mol. The first-order chi connectivity index (χ1) is 7.61. The van der Waals surface area contributed by atoms with Gasteiger partial charge in [0.25, 0.3) is 0 Å². The molecule has 1 aromatic rings. The van der Waals surface area contributed by atoms with Crippen molar-refractivity contribution in [1.82, 2.24) is 4.72 Å². The maximum atomic E-state index is 11.8. The molecule has 1 aromatic carbocycles. The predicted molar refractivity (Wildman–Crippen MR) is 61.7 cm³/mol. The molecule has 0 aliphatic carbocycles. The second-order valence-electron chi connectivity index (χ2n) is 3.05. The average Bonchev–Trinajstić information content (AvgIpc) is 2.29. The van der Waals surface area contributed by atoms with Gasteiger partial charge in [0.1, 0.15) is 6.07 Å². The Morgan fingerprint density at radius 1 is 1.38 bits per heavy atom. The van der Waals surface area contributed by atoms with Crippen molar-refractivity contribution in [3.8, 4) is 6.07 Å². The number of nitrogens with one attached hydrogen (secondary N) is 1. The van der Waals surface area contributed by atoms with Gasteiger partial charge in [0.05, 0.1) is 10.5 Å². The molecule has 0 radical (unpaired) electrons. The molecule has 1 rings (SSSR count). The van der Waals surface area contributed by atoms with E-state index in [9.17, 15) is 8.42 Å². The van der Waals surface area contributed by atoms with Gasteiger partial charge in [-0.2, -0.15) is 5.26 Å². The van der Waals surface area contributed by atoms with Gasteiger partial charge in [-0.25, -0.2) is 13.1 Å². The van der Waals surface area contributed by atoms with E-state index >= 15 is 0 Å². The maximum absolute atomic E-state index is 11.8. The number of nitriles is 1. The number of rotatable bonds is 5. The maximum Gasteiger partial charge on any atom is 0.241 e. The molecule has 0 aromatic heterocycles. The first-order valence-electron chi connectivity index (χ1n) is 4.66. The molecule has 4 nitrogen and oxygen atoms in total. The van der Waals surface area contributed by atoms with E-state index in [4.69, 9.17) is 16.9 Å². The highest BCUT2D eigenvalue weighted by Gasteiger charge is 2.16. The summed E-state index contributed by atoms with van der Waals surface area (Å²) in [4.78, 5) is 0.00655. The van der Waals surface area contributed by atoms with Crippen LogP contribution >= 0.6 is 11.6 Å². The molecule has 0 saturated carbocycles. The molecule has 0 bridgehead atoms. The molecule has 0 amide bonds. The lowest BCUT2D eigenvalue weighted by molar-refractivity contribution is 0.580. The second-order valence-corrected chi connectivity index (χ2v) is 5.16. The van der Waals surface area contributed by atoms with Crippen LogP contribution in [0.1, 0.15) is 12.0 Å². The lowest BCUT2D eigenvalue weighted by Crippen LogP contribution is -2.25. The second kappa shape index (κ2) is 5.85. The van der Waals surface area contributed by atoms with E-state index in [-0.39, 0.29) is 17.0 Å². The average molecular weight is 259 g/mol. The summed E-state index contributed by atoms with van der Waals surface area (Å²) in [6.07, 6.45) is 0.551. The summed E-state index contributed by atoms with van der Waals surface area (Å²) >= 11 is 5.45. The van der Waals surface area contributed by atoms with Crippen molar-refractivity contribution in [2.75, 3.05) is 12.4 Å². The van der Waals surface area contributed by atoms with Crippen LogP contribution in [0.15, 0.2) is 29.2 Å². The molecule has 0 atom stereocenters. The number of hydrogen-bond acceptors (Lipinski definition) is 3. The Labute approximate surface area is 99.9 Å². The zero-order valence-electron chi connectivity index (χ0n) is 8.48. The third kappa shape index (κ3) is 3.20. The van der Waals surface area contributed by atoms with E-state index < -0.39 is 10.0 Å². The van der Waals surface area contributed by atoms with Crippen molar-refractivity contribution in [1.29, 1.82) is 5.26 Å². The number of alkyl halides is 1. The molecule has 16 heavy (non-hydrogen) atoms. The molecule has 0 aliphatic rings. The molecular formula is C10H11ClN2O2S. The van der Waals surface area contributed by atoms with Gasteiger partial charge in [-0.05, 0) is 18.6 Å². The van der Waals surface area contributed by atoms with Gasteiger partial charge in [-0.3, -0.25) is 0 Å². The monoisotopic (exact) mass is 258 g/mol. The van der Waals surface area contributed by atoms with Crippen LogP contribution in [0.25, 0.3) is 0 Å². The van der Waals surface area contributed by atoms with Crippen molar-refractivity contribution in [3.05, 3.63) is 29.8 Å². The van der Waals surface area contributed by atoms with Gasteiger partial charge in [0.15, 0.2) is 0 Å². The van der Waals surface area contributed by atoms with Crippen LogP contribution in [0.5, 0.6) is 0 Å². The summed E-state index contributed by atoms with van der Waals surface area (Å²) in [7, 11) is -3.61. The third-order valence-electron chi connectivity index (χ3n) is 1.90. The largest absolute Gasteiger partial charge is 0.241 e. The summed E-state index contributed by atoms with van der Waals surface area (Å²) in [5, 5.41) is 8.79. The normalized spacial score (nSPS) is 11.0. The molecule has 0 aliphatic heterocycles. The van der Waals surface area contributed by atoms with Crippen LogP contribution in [0, 0.1) is 11.3 Å². The topological polar surface area (TPSA) is 70.0 Å². The summed E-state index contributed by atoms with van der Waals surface area (Å²) < 4.78 is 26.0. The molecule has 0 unspecified atom stereocenters. The van der Waals surface area contributed by atoms with Gasteiger partial charge in [0, 0.05) is 12.4 Å². The van der Waals surface area contributed by atoms with Gasteiger partial charge in [0.2, 0.25) is 10.0 Å². The van der Waals surface area contributed by atoms with Gasteiger partial charge in [-0.15, -0.1) is 11.6 Å². The highest BCUT2D eigenvalue weighted by Crippen LogP contribution is 2.13. The predicted octanol–water partition coefficient (Wildman–Crippen LogP) is 1.47.